The van der Waals surface area contributed by atoms with Gasteiger partial charge < -0.3 is 5.11 Å². The summed E-state index contributed by atoms with van der Waals surface area (Å²) in [4.78, 5) is 10.5. The second-order valence-electron chi connectivity index (χ2n) is 2.94. The highest BCUT2D eigenvalue weighted by Crippen LogP contribution is 2.25. The molecule has 0 saturated carbocycles. The maximum atomic E-state index is 13.5. The Morgan fingerprint density at radius 2 is 2.00 bits per heavy atom. The van der Waals surface area contributed by atoms with Gasteiger partial charge in [0.05, 0.1) is 0 Å². The van der Waals surface area contributed by atoms with Gasteiger partial charge in [-0.3, -0.25) is 0 Å². The van der Waals surface area contributed by atoms with Crippen molar-refractivity contribution >= 4 is 5.97 Å². The number of nitriles is 1. The van der Waals surface area contributed by atoms with Gasteiger partial charge in [0, 0.05) is 5.56 Å². The topological polar surface area (TPSA) is 61.1 Å². The van der Waals surface area contributed by atoms with E-state index < -0.39 is 11.6 Å². The summed E-state index contributed by atoms with van der Waals surface area (Å²) < 4.78 is 13.5. The minimum absolute atomic E-state index is 0.155. The van der Waals surface area contributed by atoms with Crippen LogP contribution < -0.4 is 0 Å². The first-order valence-electron chi connectivity index (χ1n) is 3.91. The molecule has 0 aromatic heterocycles. The molecule has 4 heteroatoms. The number of rotatable bonds is 2. The van der Waals surface area contributed by atoms with Crippen LogP contribution >= 0.6 is 0 Å². The lowest BCUT2D eigenvalue weighted by Crippen LogP contribution is -2.28. The second kappa shape index (κ2) is 3.46. The minimum Gasteiger partial charge on any atom is -0.478 e. The average Bonchev–Trinajstić information content (AvgIpc) is 2.17. The number of halogens is 1. The number of aryl methyl sites for hydroxylation is 1. The average molecular weight is 193 g/mol. The molecular formula is C10H8FNO2. The van der Waals surface area contributed by atoms with Crippen LogP contribution in [0.1, 0.15) is 11.1 Å². The molecule has 14 heavy (non-hydrogen) atoms. The summed E-state index contributed by atoms with van der Waals surface area (Å²) in [6.07, 6.45) is 0. The normalized spacial score (nSPS) is 14.1. The van der Waals surface area contributed by atoms with Crippen LogP contribution in [0.25, 0.3) is 0 Å². The summed E-state index contributed by atoms with van der Waals surface area (Å²) in [6.45, 7) is 1.79. The number of nitrogens with zero attached hydrogens (tertiary/aromatic N) is 1. The summed E-state index contributed by atoms with van der Waals surface area (Å²) in [7, 11) is 0. The van der Waals surface area contributed by atoms with Crippen LogP contribution in [0, 0.1) is 18.3 Å². The molecule has 1 aromatic carbocycles. The lowest BCUT2D eigenvalue weighted by Gasteiger charge is -2.12. The fourth-order valence-electron chi connectivity index (χ4n) is 1.02. The molecule has 3 nitrogen and oxygen atoms in total. The fraction of sp³-hybridized carbons (Fsp3) is 0.200. The van der Waals surface area contributed by atoms with Crippen molar-refractivity contribution in [2.75, 3.05) is 0 Å². The van der Waals surface area contributed by atoms with Crippen molar-refractivity contribution in [3.05, 3.63) is 35.4 Å². The van der Waals surface area contributed by atoms with E-state index in [0.717, 1.165) is 11.6 Å². The summed E-state index contributed by atoms with van der Waals surface area (Å²) in [5.41, 5.74) is -2.23. The molecule has 0 saturated heterocycles. The molecule has 0 fully saturated rings. The number of alkyl halides is 1. The van der Waals surface area contributed by atoms with Crippen LogP contribution in [0.5, 0.6) is 0 Å². The maximum Gasteiger partial charge on any atom is 0.361 e. The quantitative estimate of drug-likeness (QED) is 0.778. The third-order valence-corrected chi connectivity index (χ3v) is 1.90. The van der Waals surface area contributed by atoms with E-state index in [0.29, 0.717) is 0 Å². The van der Waals surface area contributed by atoms with Crippen LogP contribution in [0.3, 0.4) is 0 Å². The minimum atomic E-state index is -2.95. The zero-order valence-corrected chi connectivity index (χ0v) is 7.49. The molecule has 1 unspecified atom stereocenters. The number of hydrogen-bond acceptors (Lipinski definition) is 2. The molecule has 0 aliphatic rings. The van der Waals surface area contributed by atoms with Crippen molar-refractivity contribution in [2.45, 2.75) is 12.6 Å². The van der Waals surface area contributed by atoms with Gasteiger partial charge in [-0.05, 0) is 6.92 Å². The third-order valence-electron chi connectivity index (χ3n) is 1.90. The Labute approximate surface area is 80.4 Å². The van der Waals surface area contributed by atoms with E-state index in [2.05, 4.69) is 0 Å². The van der Waals surface area contributed by atoms with E-state index in [9.17, 15) is 9.18 Å². The molecule has 0 aliphatic heterocycles. The van der Waals surface area contributed by atoms with Crippen LogP contribution in [-0.2, 0) is 10.5 Å². The summed E-state index contributed by atoms with van der Waals surface area (Å²) in [6, 6.07) is 6.86. The van der Waals surface area contributed by atoms with Crippen molar-refractivity contribution in [3.63, 3.8) is 0 Å². The molecule has 1 aromatic rings. The van der Waals surface area contributed by atoms with Crippen molar-refractivity contribution < 1.29 is 14.3 Å². The van der Waals surface area contributed by atoms with Gasteiger partial charge in [-0.15, -0.1) is 0 Å². The zero-order valence-electron chi connectivity index (χ0n) is 7.49. The molecule has 0 radical (unpaired) electrons. The monoisotopic (exact) mass is 193 g/mol. The molecule has 1 atom stereocenters. The lowest BCUT2D eigenvalue weighted by molar-refractivity contribution is -0.147. The number of hydrogen-bond donors (Lipinski definition) is 1. The Kier molecular flexibility index (Phi) is 2.52. The molecule has 0 bridgehead atoms. The standard InChI is InChI=1S/C10H8FNO2/c1-7-2-4-8(5-3-7)10(11,6-12)9(13)14/h2-5H,1H3,(H,13,14). The molecule has 1 N–H and O–H groups in total. The van der Waals surface area contributed by atoms with Crippen molar-refractivity contribution in [2.24, 2.45) is 0 Å². The maximum absolute atomic E-state index is 13.5. The van der Waals surface area contributed by atoms with Gasteiger partial charge >= 0.3 is 11.6 Å². The van der Waals surface area contributed by atoms with Gasteiger partial charge in [0.1, 0.15) is 6.07 Å². The lowest BCUT2D eigenvalue weighted by atomic mass is 9.97. The summed E-state index contributed by atoms with van der Waals surface area (Å²) in [5.74, 6) is -1.79. The van der Waals surface area contributed by atoms with Gasteiger partial charge in [0.15, 0.2) is 0 Å². The van der Waals surface area contributed by atoms with Gasteiger partial charge in [0.2, 0.25) is 0 Å². The van der Waals surface area contributed by atoms with E-state index in [1.54, 1.807) is 19.1 Å². The highest BCUT2D eigenvalue weighted by atomic mass is 19.1. The van der Waals surface area contributed by atoms with Crippen LogP contribution in [0.15, 0.2) is 24.3 Å². The first-order valence-corrected chi connectivity index (χ1v) is 3.91. The number of benzene rings is 1. The molecule has 0 amide bonds. The van der Waals surface area contributed by atoms with E-state index in [1.165, 1.54) is 12.1 Å². The third kappa shape index (κ3) is 1.57. The molecule has 0 aliphatic carbocycles. The molecule has 72 valence electrons. The second-order valence-corrected chi connectivity index (χ2v) is 2.94. The van der Waals surface area contributed by atoms with Gasteiger partial charge in [-0.1, -0.05) is 29.8 Å². The Balaban J connectivity index is 3.22. The zero-order chi connectivity index (χ0) is 10.8. The first-order chi connectivity index (χ1) is 6.50. The molecule has 0 heterocycles. The molecule has 1 rings (SSSR count). The Bertz CT molecular complexity index is 394. The highest BCUT2D eigenvalue weighted by molar-refractivity contribution is 5.82. The SMILES string of the molecule is Cc1ccc(C(F)(C#N)C(=O)O)cc1. The fourth-order valence-corrected chi connectivity index (χ4v) is 1.02. The number of aliphatic carboxylic acids is 1. The van der Waals surface area contributed by atoms with Gasteiger partial charge in [0.25, 0.3) is 0 Å². The number of carbonyl (C=O) groups is 1. The number of carboxylic acids is 1. The van der Waals surface area contributed by atoms with Gasteiger partial charge in [-0.25, -0.2) is 9.18 Å². The van der Waals surface area contributed by atoms with E-state index in [4.69, 9.17) is 10.4 Å². The Morgan fingerprint density at radius 3 is 2.36 bits per heavy atom. The Hall–Kier alpha value is -1.89. The smallest absolute Gasteiger partial charge is 0.361 e. The predicted octanol–water partition coefficient (Wildman–Crippen LogP) is 1.77. The van der Waals surface area contributed by atoms with E-state index in [1.807, 2.05) is 0 Å². The summed E-state index contributed by atoms with van der Waals surface area (Å²) >= 11 is 0. The van der Waals surface area contributed by atoms with Crippen LogP contribution in [0.2, 0.25) is 0 Å². The van der Waals surface area contributed by atoms with Crippen LogP contribution in [0.4, 0.5) is 4.39 Å². The van der Waals surface area contributed by atoms with Crippen molar-refractivity contribution in [1.29, 1.82) is 5.26 Å². The Morgan fingerprint density at radius 1 is 1.50 bits per heavy atom. The predicted molar refractivity (Wildman–Crippen MR) is 47.2 cm³/mol. The van der Waals surface area contributed by atoms with Crippen molar-refractivity contribution in [3.8, 4) is 6.07 Å². The van der Waals surface area contributed by atoms with Crippen molar-refractivity contribution in [1.82, 2.24) is 0 Å². The van der Waals surface area contributed by atoms with Crippen LogP contribution in [-0.4, -0.2) is 11.1 Å². The summed E-state index contributed by atoms with van der Waals surface area (Å²) in [5, 5.41) is 17.0. The van der Waals surface area contributed by atoms with Gasteiger partial charge in [-0.2, -0.15) is 5.26 Å². The molecular weight excluding hydrogens is 185 g/mol. The molecule has 0 spiro atoms. The van der Waals surface area contributed by atoms with E-state index >= 15 is 0 Å². The highest BCUT2D eigenvalue weighted by Gasteiger charge is 2.41. The van der Waals surface area contributed by atoms with E-state index in [-0.39, 0.29) is 5.56 Å². The first kappa shape index (κ1) is 10.2. The largest absolute Gasteiger partial charge is 0.478 e. The number of carboxylic acid groups (broad SMARTS) is 1.